The molecule has 0 fully saturated rings. The molecule has 0 aliphatic rings. The van der Waals surface area contributed by atoms with Gasteiger partial charge in [0.15, 0.2) is 5.78 Å². The van der Waals surface area contributed by atoms with Crippen molar-refractivity contribution in [3.63, 3.8) is 0 Å². The number of carbonyl (C=O) groups excluding carboxylic acids is 1. The maximum absolute atomic E-state index is 12.4. The maximum Gasteiger partial charge on any atom is 0.242 e. The van der Waals surface area contributed by atoms with Crippen LogP contribution in [0.2, 0.25) is 0 Å². The Morgan fingerprint density at radius 3 is 2.13 bits per heavy atom. The van der Waals surface area contributed by atoms with Crippen LogP contribution in [0.3, 0.4) is 0 Å². The van der Waals surface area contributed by atoms with E-state index in [1.54, 1.807) is 12.1 Å². The molecular weight excluding hydrogens is 312 g/mol. The standard InChI is InChI=1S/C17H16N2O3S/c1-12-3-5-15(6-4-12)17(11-18)19-23(21,22)16-9-7-14(8-10-16)13(2)20/h3-10,17,19H,1-2H3. The number of carbonyl (C=O) groups is 1. The molecule has 1 atom stereocenters. The van der Waals surface area contributed by atoms with Crippen LogP contribution in [0, 0.1) is 18.3 Å². The van der Waals surface area contributed by atoms with Crippen molar-refractivity contribution >= 4 is 15.8 Å². The SMILES string of the molecule is CC(=O)c1ccc(S(=O)(=O)NC(C#N)c2ccc(C)cc2)cc1. The molecule has 2 aromatic rings. The molecule has 0 aliphatic carbocycles. The van der Waals surface area contributed by atoms with Gasteiger partial charge >= 0.3 is 0 Å². The van der Waals surface area contributed by atoms with E-state index in [1.807, 2.05) is 25.1 Å². The van der Waals surface area contributed by atoms with Crippen molar-refractivity contribution in [1.29, 1.82) is 5.26 Å². The lowest BCUT2D eigenvalue weighted by Gasteiger charge is -2.13. The Bertz CT molecular complexity index is 848. The second-order valence-corrected chi connectivity index (χ2v) is 6.89. The zero-order chi connectivity index (χ0) is 17.0. The van der Waals surface area contributed by atoms with Gasteiger partial charge in [-0.25, -0.2) is 8.42 Å². The monoisotopic (exact) mass is 328 g/mol. The fourth-order valence-corrected chi connectivity index (χ4v) is 3.15. The Labute approximate surface area is 135 Å². The van der Waals surface area contributed by atoms with Crippen LogP contribution in [0.15, 0.2) is 53.4 Å². The van der Waals surface area contributed by atoms with E-state index in [9.17, 15) is 18.5 Å². The normalized spacial score (nSPS) is 12.4. The van der Waals surface area contributed by atoms with Crippen LogP contribution in [0.25, 0.3) is 0 Å². The number of Topliss-reactive ketones (excluding diaryl/α,β-unsaturated/α-hetero) is 1. The highest BCUT2D eigenvalue weighted by atomic mass is 32.2. The third-order valence-corrected chi connectivity index (χ3v) is 4.82. The summed E-state index contributed by atoms with van der Waals surface area (Å²) in [5.74, 6) is -0.142. The Morgan fingerprint density at radius 1 is 1.09 bits per heavy atom. The first-order valence-electron chi connectivity index (χ1n) is 6.93. The lowest BCUT2D eigenvalue weighted by molar-refractivity contribution is 0.101. The molecule has 5 nitrogen and oxygen atoms in total. The number of sulfonamides is 1. The summed E-state index contributed by atoms with van der Waals surface area (Å²) >= 11 is 0. The van der Waals surface area contributed by atoms with Crippen molar-refractivity contribution in [2.45, 2.75) is 24.8 Å². The first-order valence-corrected chi connectivity index (χ1v) is 8.41. The first-order chi connectivity index (χ1) is 10.8. The molecule has 118 valence electrons. The Morgan fingerprint density at radius 2 is 1.65 bits per heavy atom. The van der Waals surface area contributed by atoms with Crippen molar-refractivity contribution in [3.05, 3.63) is 65.2 Å². The number of benzene rings is 2. The molecule has 1 N–H and O–H groups in total. The van der Waals surface area contributed by atoms with Gasteiger partial charge in [0.2, 0.25) is 10.0 Å². The van der Waals surface area contributed by atoms with Gasteiger partial charge in [-0.15, -0.1) is 0 Å². The highest BCUT2D eigenvalue weighted by Crippen LogP contribution is 2.18. The van der Waals surface area contributed by atoms with Crippen LogP contribution in [0.1, 0.15) is 34.5 Å². The summed E-state index contributed by atoms with van der Waals surface area (Å²) in [6.07, 6.45) is 0. The highest BCUT2D eigenvalue weighted by molar-refractivity contribution is 7.89. The molecule has 0 amide bonds. The number of hydrogen-bond donors (Lipinski definition) is 1. The fraction of sp³-hybridized carbons (Fsp3) is 0.176. The average molecular weight is 328 g/mol. The molecule has 0 spiro atoms. The molecule has 0 radical (unpaired) electrons. The minimum absolute atomic E-state index is 0.00913. The quantitative estimate of drug-likeness (QED) is 0.855. The van der Waals surface area contributed by atoms with Crippen LogP contribution < -0.4 is 4.72 Å². The van der Waals surface area contributed by atoms with Crippen molar-refractivity contribution in [2.75, 3.05) is 0 Å². The van der Waals surface area contributed by atoms with Crippen LogP contribution in [0.4, 0.5) is 0 Å². The molecule has 0 saturated heterocycles. The molecule has 0 aromatic heterocycles. The molecule has 0 heterocycles. The fourth-order valence-electron chi connectivity index (χ4n) is 2.02. The molecule has 0 bridgehead atoms. The van der Waals surface area contributed by atoms with Crippen molar-refractivity contribution in [2.24, 2.45) is 0 Å². The zero-order valence-corrected chi connectivity index (χ0v) is 13.6. The number of nitrogens with zero attached hydrogens (tertiary/aromatic N) is 1. The molecule has 2 rings (SSSR count). The van der Waals surface area contributed by atoms with Gasteiger partial charge in [-0.05, 0) is 31.5 Å². The second-order valence-electron chi connectivity index (χ2n) is 5.17. The van der Waals surface area contributed by atoms with Crippen molar-refractivity contribution < 1.29 is 13.2 Å². The lowest BCUT2D eigenvalue weighted by Crippen LogP contribution is -2.27. The topological polar surface area (TPSA) is 87.0 Å². The Kier molecular flexibility index (Phi) is 4.94. The smallest absolute Gasteiger partial charge is 0.242 e. The summed E-state index contributed by atoms with van der Waals surface area (Å²) in [5, 5.41) is 9.25. The zero-order valence-electron chi connectivity index (χ0n) is 12.8. The van der Waals surface area contributed by atoms with E-state index < -0.39 is 16.1 Å². The molecule has 0 aliphatic heterocycles. The van der Waals surface area contributed by atoms with E-state index in [1.165, 1.54) is 31.2 Å². The summed E-state index contributed by atoms with van der Waals surface area (Å²) in [6, 6.07) is 13.6. The minimum Gasteiger partial charge on any atom is -0.295 e. The third kappa shape index (κ3) is 4.03. The Balaban J connectivity index is 2.27. The summed E-state index contributed by atoms with van der Waals surface area (Å²) in [6.45, 7) is 3.32. The summed E-state index contributed by atoms with van der Waals surface area (Å²) < 4.78 is 27.1. The van der Waals surface area contributed by atoms with E-state index in [2.05, 4.69) is 4.72 Å². The molecular formula is C17H16N2O3S. The van der Waals surface area contributed by atoms with Gasteiger partial charge in [0.25, 0.3) is 0 Å². The summed E-state index contributed by atoms with van der Waals surface area (Å²) in [4.78, 5) is 11.2. The molecule has 1 unspecified atom stereocenters. The van der Waals surface area contributed by atoms with Gasteiger partial charge in [-0.1, -0.05) is 42.0 Å². The largest absolute Gasteiger partial charge is 0.295 e. The van der Waals surface area contributed by atoms with Gasteiger partial charge in [-0.2, -0.15) is 9.98 Å². The van der Waals surface area contributed by atoms with Crippen molar-refractivity contribution in [3.8, 4) is 6.07 Å². The number of aryl methyl sites for hydroxylation is 1. The Hall–Kier alpha value is -2.49. The first kappa shape index (κ1) is 16.9. The van der Waals surface area contributed by atoms with E-state index in [0.29, 0.717) is 11.1 Å². The van der Waals surface area contributed by atoms with E-state index in [0.717, 1.165) is 5.56 Å². The number of hydrogen-bond acceptors (Lipinski definition) is 4. The molecule has 6 heteroatoms. The number of nitrogens with one attached hydrogen (secondary N) is 1. The second kappa shape index (κ2) is 6.73. The maximum atomic E-state index is 12.4. The number of nitriles is 1. The van der Waals surface area contributed by atoms with Gasteiger partial charge < -0.3 is 0 Å². The van der Waals surface area contributed by atoms with Gasteiger partial charge in [0, 0.05) is 5.56 Å². The number of rotatable bonds is 5. The summed E-state index contributed by atoms with van der Waals surface area (Å²) in [5.41, 5.74) is 2.02. The van der Waals surface area contributed by atoms with E-state index >= 15 is 0 Å². The minimum atomic E-state index is -3.86. The van der Waals surface area contributed by atoms with Crippen molar-refractivity contribution in [1.82, 2.24) is 4.72 Å². The van der Waals surface area contributed by atoms with Crippen LogP contribution in [-0.4, -0.2) is 14.2 Å². The van der Waals surface area contributed by atoms with E-state index in [-0.39, 0.29) is 10.7 Å². The van der Waals surface area contributed by atoms with Gasteiger partial charge in [0.05, 0.1) is 11.0 Å². The van der Waals surface area contributed by atoms with Gasteiger partial charge in [0.1, 0.15) is 6.04 Å². The van der Waals surface area contributed by atoms with Gasteiger partial charge in [-0.3, -0.25) is 4.79 Å². The number of ketones is 1. The molecule has 0 saturated carbocycles. The summed E-state index contributed by atoms with van der Waals surface area (Å²) in [7, 11) is -3.86. The van der Waals surface area contributed by atoms with Crippen LogP contribution >= 0.6 is 0 Å². The lowest BCUT2D eigenvalue weighted by atomic mass is 10.1. The predicted molar refractivity (Wildman–Crippen MR) is 86.3 cm³/mol. The third-order valence-electron chi connectivity index (χ3n) is 3.38. The highest BCUT2D eigenvalue weighted by Gasteiger charge is 2.21. The van der Waals surface area contributed by atoms with Crippen LogP contribution in [-0.2, 0) is 10.0 Å². The molecule has 23 heavy (non-hydrogen) atoms. The van der Waals surface area contributed by atoms with Crippen LogP contribution in [0.5, 0.6) is 0 Å². The van der Waals surface area contributed by atoms with E-state index in [4.69, 9.17) is 0 Å². The molecule has 2 aromatic carbocycles. The predicted octanol–water partition coefficient (Wildman–Crippen LogP) is 2.74. The average Bonchev–Trinajstić information content (AvgIpc) is 2.53.